The second-order valence-corrected chi connectivity index (χ2v) is 5.29. The summed E-state index contributed by atoms with van der Waals surface area (Å²) in [5.41, 5.74) is 0.0192. The summed E-state index contributed by atoms with van der Waals surface area (Å²) in [7, 11) is 1.81. The Morgan fingerprint density at radius 2 is 2.25 bits per heavy atom. The van der Waals surface area contributed by atoms with Gasteiger partial charge in [-0.05, 0) is 24.4 Å². The van der Waals surface area contributed by atoms with Gasteiger partial charge >= 0.3 is 5.69 Å². The number of hydrogen-bond donors (Lipinski definition) is 1. The number of nitrogens with zero attached hydrogens (tertiary/aromatic N) is 3. The summed E-state index contributed by atoms with van der Waals surface area (Å²) < 4.78 is 0. The van der Waals surface area contributed by atoms with E-state index in [1.54, 1.807) is 22.3 Å². The van der Waals surface area contributed by atoms with Crippen molar-refractivity contribution in [2.75, 3.05) is 23.8 Å². The van der Waals surface area contributed by atoms with Gasteiger partial charge in [0.05, 0.1) is 11.5 Å². The number of nitro groups is 1. The third kappa shape index (κ3) is 3.24. The van der Waals surface area contributed by atoms with Crippen LogP contribution in [-0.4, -0.2) is 23.5 Å². The molecule has 0 saturated heterocycles. The minimum Gasteiger partial charge on any atom is -0.370 e. The topological polar surface area (TPSA) is 71.3 Å². The molecule has 0 amide bonds. The molecule has 0 fully saturated rings. The molecule has 0 aromatic carbocycles. The molecular formula is C13H16N4O2S. The van der Waals surface area contributed by atoms with Gasteiger partial charge in [-0.1, -0.05) is 6.07 Å². The molecule has 0 atom stereocenters. The molecule has 2 rings (SSSR count). The Bertz CT molecular complexity index is 586. The van der Waals surface area contributed by atoms with E-state index in [-0.39, 0.29) is 5.69 Å². The van der Waals surface area contributed by atoms with Gasteiger partial charge in [0.2, 0.25) is 5.82 Å². The SMILES string of the molecule is CCNc1ccc([N+](=O)[O-])c(N(C)Cc2cccs2)n1. The van der Waals surface area contributed by atoms with Crippen molar-refractivity contribution < 1.29 is 4.92 Å². The van der Waals surface area contributed by atoms with Crippen LogP contribution < -0.4 is 10.2 Å². The first-order valence-corrected chi connectivity index (χ1v) is 7.12. The number of rotatable bonds is 6. The van der Waals surface area contributed by atoms with E-state index < -0.39 is 4.92 Å². The van der Waals surface area contributed by atoms with E-state index in [2.05, 4.69) is 10.3 Å². The summed E-state index contributed by atoms with van der Waals surface area (Å²) in [6, 6.07) is 7.08. The molecule has 0 spiro atoms. The van der Waals surface area contributed by atoms with Gasteiger partial charge in [-0.2, -0.15) is 0 Å². The third-order valence-electron chi connectivity index (χ3n) is 2.74. The van der Waals surface area contributed by atoms with Crippen molar-refractivity contribution in [3.8, 4) is 0 Å². The molecular weight excluding hydrogens is 276 g/mol. The maximum Gasteiger partial charge on any atom is 0.311 e. The van der Waals surface area contributed by atoms with Crippen molar-refractivity contribution in [1.82, 2.24) is 4.98 Å². The van der Waals surface area contributed by atoms with E-state index in [9.17, 15) is 10.1 Å². The van der Waals surface area contributed by atoms with Crippen molar-refractivity contribution in [3.05, 3.63) is 44.6 Å². The largest absolute Gasteiger partial charge is 0.370 e. The Balaban J connectivity index is 2.30. The fourth-order valence-corrected chi connectivity index (χ4v) is 2.61. The minimum atomic E-state index is -0.400. The lowest BCUT2D eigenvalue weighted by Gasteiger charge is -2.18. The fraction of sp³-hybridized carbons (Fsp3) is 0.308. The molecule has 2 aromatic heterocycles. The molecule has 0 radical (unpaired) electrons. The van der Waals surface area contributed by atoms with Crippen LogP contribution in [0.4, 0.5) is 17.3 Å². The molecule has 106 valence electrons. The molecule has 2 aromatic rings. The normalized spacial score (nSPS) is 10.3. The summed E-state index contributed by atoms with van der Waals surface area (Å²) in [6.45, 7) is 3.28. The van der Waals surface area contributed by atoms with Crippen molar-refractivity contribution in [2.45, 2.75) is 13.5 Å². The van der Waals surface area contributed by atoms with Crippen molar-refractivity contribution in [2.24, 2.45) is 0 Å². The highest BCUT2D eigenvalue weighted by Gasteiger charge is 2.19. The first-order chi connectivity index (χ1) is 9.61. The van der Waals surface area contributed by atoms with Crippen LogP contribution in [0.15, 0.2) is 29.6 Å². The summed E-state index contributed by atoms with van der Waals surface area (Å²) >= 11 is 1.62. The quantitative estimate of drug-likeness (QED) is 0.654. The highest BCUT2D eigenvalue weighted by Crippen LogP contribution is 2.28. The molecule has 0 bridgehead atoms. The van der Waals surface area contributed by atoms with Crippen molar-refractivity contribution in [1.29, 1.82) is 0 Å². The number of thiophene rings is 1. The average Bonchev–Trinajstić information content (AvgIpc) is 2.91. The molecule has 0 aliphatic rings. The van der Waals surface area contributed by atoms with Gasteiger partial charge in [0, 0.05) is 24.5 Å². The molecule has 2 heterocycles. The van der Waals surface area contributed by atoms with E-state index in [4.69, 9.17) is 0 Å². The Morgan fingerprint density at radius 1 is 1.45 bits per heavy atom. The predicted molar refractivity (Wildman–Crippen MR) is 81.5 cm³/mol. The van der Waals surface area contributed by atoms with Crippen LogP contribution in [0.25, 0.3) is 0 Å². The molecule has 0 aliphatic carbocycles. The van der Waals surface area contributed by atoms with Crippen molar-refractivity contribution >= 4 is 28.7 Å². The van der Waals surface area contributed by atoms with Crippen LogP contribution in [-0.2, 0) is 6.54 Å². The third-order valence-corrected chi connectivity index (χ3v) is 3.60. The fourth-order valence-electron chi connectivity index (χ4n) is 1.86. The first-order valence-electron chi connectivity index (χ1n) is 6.24. The Labute approximate surface area is 121 Å². The molecule has 1 N–H and O–H groups in total. The van der Waals surface area contributed by atoms with Gasteiger partial charge in [-0.3, -0.25) is 10.1 Å². The number of anilines is 2. The molecule has 7 heteroatoms. The first kappa shape index (κ1) is 14.3. The van der Waals surface area contributed by atoms with Gasteiger partial charge < -0.3 is 10.2 Å². The van der Waals surface area contributed by atoms with Gasteiger partial charge in [0.15, 0.2) is 0 Å². The maximum absolute atomic E-state index is 11.1. The summed E-state index contributed by atoms with van der Waals surface area (Å²) in [5.74, 6) is 1.02. The van der Waals surface area contributed by atoms with Gasteiger partial charge in [0.1, 0.15) is 5.82 Å². The highest BCUT2D eigenvalue weighted by molar-refractivity contribution is 7.09. The number of hydrogen-bond acceptors (Lipinski definition) is 6. The van der Waals surface area contributed by atoms with Gasteiger partial charge in [0.25, 0.3) is 0 Å². The number of nitrogens with one attached hydrogen (secondary N) is 1. The van der Waals surface area contributed by atoms with Crippen LogP contribution in [0, 0.1) is 10.1 Å². The van der Waals surface area contributed by atoms with E-state index >= 15 is 0 Å². The lowest BCUT2D eigenvalue weighted by Crippen LogP contribution is -2.19. The molecule has 0 aliphatic heterocycles. The van der Waals surface area contributed by atoms with Gasteiger partial charge in [-0.25, -0.2) is 4.98 Å². The monoisotopic (exact) mass is 292 g/mol. The van der Waals surface area contributed by atoms with E-state index in [1.807, 2.05) is 31.5 Å². The van der Waals surface area contributed by atoms with Crippen LogP contribution in [0.3, 0.4) is 0 Å². The average molecular weight is 292 g/mol. The second kappa shape index (κ2) is 6.33. The highest BCUT2D eigenvalue weighted by atomic mass is 32.1. The summed E-state index contributed by atoms with van der Waals surface area (Å²) in [6.07, 6.45) is 0. The van der Waals surface area contributed by atoms with E-state index in [0.717, 1.165) is 11.4 Å². The summed E-state index contributed by atoms with van der Waals surface area (Å²) in [4.78, 5) is 18.0. The Morgan fingerprint density at radius 3 is 2.85 bits per heavy atom. The predicted octanol–water partition coefficient (Wildman–Crippen LogP) is 3.12. The zero-order valence-corrected chi connectivity index (χ0v) is 12.2. The minimum absolute atomic E-state index is 0.0192. The van der Waals surface area contributed by atoms with E-state index in [1.165, 1.54) is 6.07 Å². The molecule has 0 saturated carbocycles. The lowest BCUT2D eigenvalue weighted by molar-refractivity contribution is -0.384. The smallest absolute Gasteiger partial charge is 0.311 e. The number of aromatic nitrogens is 1. The second-order valence-electron chi connectivity index (χ2n) is 4.26. The molecule has 6 nitrogen and oxygen atoms in total. The zero-order chi connectivity index (χ0) is 14.5. The van der Waals surface area contributed by atoms with Crippen LogP contribution in [0.2, 0.25) is 0 Å². The zero-order valence-electron chi connectivity index (χ0n) is 11.4. The Kier molecular flexibility index (Phi) is 4.52. The van der Waals surface area contributed by atoms with Crippen molar-refractivity contribution in [3.63, 3.8) is 0 Å². The maximum atomic E-state index is 11.1. The standard InChI is InChI=1S/C13H16N4O2S/c1-3-14-12-7-6-11(17(18)19)13(15-12)16(2)9-10-5-4-8-20-10/h4-8H,3,9H2,1-2H3,(H,14,15). The Hall–Kier alpha value is -2.15. The van der Waals surface area contributed by atoms with E-state index in [0.29, 0.717) is 18.2 Å². The van der Waals surface area contributed by atoms with Gasteiger partial charge in [-0.15, -0.1) is 11.3 Å². The van der Waals surface area contributed by atoms with Crippen LogP contribution in [0.5, 0.6) is 0 Å². The van der Waals surface area contributed by atoms with Crippen LogP contribution in [0.1, 0.15) is 11.8 Å². The lowest BCUT2D eigenvalue weighted by atomic mass is 10.3. The molecule has 0 unspecified atom stereocenters. The summed E-state index contributed by atoms with van der Waals surface area (Å²) in [5, 5.41) is 16.2. The molecule has 20 heavy (non-hydrogen) atoms. The van der Waals surface area contributed by atoms with Crippen LogP contribution >= 0.6 is 11.3 Å². The number of pyridine rings is 1.